The summed E-state index contributed by atoms with van der Waals surface area (Å²) < 4.78 is 38.9. The molecule has 1 spiro atoms. The molecule has 1 heterocycles. The van der Waals surface area contributed by atoms with E-state index in [0.29, 0.717) is 12.8 Å². The summed E-state index contributed by atoms with van der Waals surface area (Å²) in [7, 11) is 4.15. The van der Waals surface area contributed by atoms with Crippen LogP contribution in [0, 0.1) is 11.3 Å². The molecular weight excluding hydrogens is 277 g/mol. The SMILES string of the molecule is CN(C)CCCN1CCC2(CCC[C@H](C(F)(F)F)C2)CC1. The van der Waals surface area contributed by atoms with E-state index in [1.165, 1.54) is 0 Å². The maximum Gasteiger partial charge on any atom is 0.391 e. The molecule has 0 unspecified atom stereocenters. The average Bonchev–Trinajstić information content (AvgIpc) is 2.40. The first-order valence-electron chi connectivity index (χ1n) is 8.25. The van der Waals surface area contributed by atoms with E-state index in [1.807, 2.05) is 0 Å². The standard InChI is InChI=1S/C16H29F3N2/c1-20(2)9-4-10-21-11-7-15(8-12-21)6-3-5-14(13-15)16(17,18)19/h14H,3-13H2,1-2H3/t14-/m0/s1. The summed E-state index contributed by atoms with van der Waals surface area (Å²) in [6.45, 7) is 4.13. The van der Waals surface area contributed by atoms with E-state index in [4.69, 9.17) is 0 Å². The average molecular weight is 306 g/mol. The monoisotopic (exact) mass is 306 g/mol. The fraction of sp³-hybridized carbons (Fsp3) is 1.00. The third kappa shape index (κ3) is 4.85. The van der Waals surface area contributed by atoms with E-state index < -0.39 is 12.1 Å². The topological polar surface area (TPSA) is 6.48 Å². The number of halogens is 3. The van der Waals surface area contributed by atoms with Gasteiger partial charge < -0.3 is 9.80 Å². The van der Waals surface area contributed by atoms with Crippen LogP contribution in [0.5, 0.6) is 0 Å². The van der Waals surface area contributed by atoms with Crippen molar-refractivity contribution in [2.45, 2.75) is 51.1 Å². The zero-order chi connectivity index (χ0) is 15.5. The van der Waals surface area contributed by atoms with Crippen molar-refractivity contribution < 1.29 is 13.2 Å². The molecule has 1 atom stereocenters. The summed E-state index contributed by atoms with van der Waals surface area (Å²) in [5.41, 5.74) is -0.0174. The van der Waals surface area contributed by atoms with Gasteiger partial charge in [-0.2, -0.15) is 13.2 Å². The first-order chi connectivity index (χ1) is 9.81. The van der Waals surface area contributed by atoms with Gasteiger partial charge in [0.15, 0.2) is 0 Å². The fourth-order valence-electron chi connectivity index (χ4n) is 4.05. The van der Waals surface area contributed by atoms with E-state index >= 15 is 0 Å². The van der Waals surface area contributed by atoms with Gasteiger partial charge in [0, 0.05) is 0 Å². The molecule has 2 rings (SSSR count). The predicted molar refractivity (Wildman–Crippen MR) is 79.3 cm³/mol. The molecule has 0 aromatic heterocycles. The van der Waals surface area contributed by atoms with Crippen LogP contribution >= 0.6 is 0 Å². The van der Waals surface area contributed by atoms with Gasteiger partial charge in [0.1, 0.15) is 0 Å². The highest BCUT2D eigenvalue weighted by atomic mass is 19.4. The highest BCUT2D eigenvalue weighted by Crippen LogP contribution is 2.50. The van der Waals surface area contributed by atoms with E-state index in [-0.39, 0.29) is 5.41 Å². The number of piperidine rings is 1. The molecule has 2 nitrogen and oxygen atoms in total. The Bertz CT molecular complexity index is 320. The van der Waals surface area contributed by atoms with Crippen molar-refractivity contribution in [2.75, 3.05) is 40.3 Å². The van der Waals surface area contributed by atoms with Crippen molar-refractivity contribution in [3.63, 3.8) is 0 Å². The number of likely N-dealkylation sites (tertiary alicyclic amines) is 1. The Morgan fingerprint density at radius 1 is 1.14 bits per heavy atom. The van der Waals surface area contributed by atoms with Gasteiger partial charge in [0.05, 0.1) is 5.92 Å². The summed E-state index contributed by atoms with van der Waals surface area (Å²) in [6, 6.07) is 0. The van der Waals surface area contributed by atoms with Gasteiger partial charge in [-0.05, 0) is 84.2 Å². The summed E-state index contributed by atoms with van der Waals surface area (Å²) in [5.74, 6) is -1.05. The highest BCUT2D eigenvalue weighted by molar-refractivity contribution is 4.92. The van der Waals surface area contributed by atoms with Gasteiger partial charge in [0.25, 0.3) is 0 Å². The molecule has 1 saturated carbocycles. The van der Waals surface area contributed by atoms with Gasteiger partial charge in [-0.1, -0.05) is 6.42 Å². The fourth-order valence-corrected chi connectivity index (χ4v) is 4.05. The van der Waals surface area contributed by atoms with Crippen LogP contribution in [-0.4, -0.2) is 56.3 Å². The largest absolute Gasteiger partial charge is 0.391 e. The number of alkyl halides is 3. The molecule has 0 amide bonds. The molecule has 1 aliphatic carbocycles. The van der Waals surface area contributed by atoms with Crippen molar-refractivity contribution in [3.05, 3.63) is 0 Å². The Labute approximate surface area is 126 Å². The lowest BCUT2D eigenvalue weighted by Crippen LogP contribution is -2.44. The lowest BCUT2D eigenvalue weighted by molar-refractivity contribution is -0.194. The Morgan fingerprint density at radius 2 is 1.81 bits per heavy atom. The molecule has 0 aromatic carbocycles. The van der Waals surface area contributed by atoms with Crippen LogP contribution < -0.4 is 0 Å². The van der Waals surface area contributed by atoms with E-state index in [9.17, 15) is 13.2 Å². The van der Waals surface area contributed by atoms with Crippen molar-refractivity contribution in [1.82, 2.24) is 9.80 Å². The number of rotatable bonds is 4. The Kier molecular flexibility index (Phi) is 5.58. The Morgan fingerprint density at radius 3 is 2.38 bits per heavy atom. The third-order valence-corrected chi connectivity index (χ3v) is 5.40. The molecule has 0 bridgehead atoms. The molecule has 1 saturated heterocycles. The molecular formula is C16H29F3N2. The van der Waals surface area contributed by atoms with Crippen LogP contribution in [0.2, 0.25) is 0 Å². The van der Waals surface area contributed by atoms with Gasteiger partial charge in [0.2, 0.25) is 0 Å². The van der Waals surface area contributed by atoms with E-state index in [1.54, 1.807) is 0 Å². The second-order valence-corrected chi connectivity index (χ2v) is 7.33. The first kappa shape index (κ1) is 17.1. The second-order valence-electron chi connectivity index (χ2n) is 7.33. The van der Waals surface area contributed by atoms with Crippen molar-refractivity contribution in [1.29, 1.82) is 0 Å². The molecule has 21 heavy (non-hydrogen) atoms. The van der Waals surface area contributed by atoms with Crippen LogP contribution in [0.1, 0.15) is 44.9 Å². The maximum absolute atomic E-state index is 13.0. The van der Waals surface area contributed by atoms with Crippen LogP contribution in [0.25, 0.3) is 0 Å². The summed E-state index contributed by atoms with van der Waals surface area (Å²) in [5, 5.41) is 0. The maximum atomic E-state index is 13.0. The van der Waals surface area contributed by atoms with Crippen LogP contribution in [-0.2, 0) is 0 Å². The van der Waals surface area contributed by atoms with Crippen LogP contribution in [0.4, 0.5) is 13.2 Å². The van der Waals surface area contributed by atoms with Crippen molar-refractivity contribution in [2.24, 2.45) is 11.3 Å². The Balaban J connectivity index is 1.79. The summed E-state index contributed by atoms with van der Waals surface area (Å²) in [4.78, 5) is 4.62. The zero-order valence-corrected chi connectivity index (χ0v) is 13.4. The molecule has 5 heteroatoms. The molecule has 0 aromatic rings. The van der Waals surface area contributed by atoms with Crippen molar-refractivity contribution >= 4 is 0 Å². The lowest BCUT2D eigenvalue weighted by atomic mass is 9.64. The minimum Gasteiger partial charge on any atom is -0.309 e. The first-order valence-corrected chi connectivity index (χ1v) is 8.25. The van der Waals surface area contributed by atoms with Crippen LogP contribution in [0.15, 0.2) is 0 Å². The number of hydrogen-bond acceptors (Lipinski definition) is 2. The third-order valence-electron chi connectivity index (χ3n) is 5.40. The smallest absolute Gasteiger partial charge is 0.309 e. The van der Waals surface area contributed by atoms with E-state index in [2.05, 4.69) is 23.9 Å². The van der Waals surface area contributed by atoms with Gasteiger partial charge in [-0.15, -0.1) is 0 Å². The Hall–Kier alpha value is -0.290. The van der Waals surface area contributed by atoms with Gasteiger partial charge in [-0.3, -0.25) is 0 Å². The molecule has 124 valence electrons. The van der Waals surface area contributed by atoms with E-state index in [0.717, 1.165) is 58.3 Å². The lowest BCUT2D eigenvalue weighted by Gasteiger charge is -2.47. The molecule has 2 fully saturated rings. The van der Waals surface area contributed by atoms with Gasteiger partial charge >= 0.3 is 6.18 Å². The zero-order valence-electron chi connectivity index (χ0n) is 13.4. The quantitative estimate of drug-likeness (QED) is 0.780. The van der Waals surface area contributed by atoms with Crippen molar-refractivity contribution in [3.8, 4) is 0 Å². The minimum absolute atomic E-state index is 0.0174. The minimum atomic E-state index is -3.99. The van der Waals surface area contributed by atoms with Crippen LogP contribution in [0.3, 0.4) is 0 Å². The molecule has 0 N–H and O–H groups in total. The van der Waals surface area contributed by atoms with Gasteiger partial charge in [-0.25, -0.2) is 0 Å². The highest BCUT2D eigenvalue weighted by Gasteiger charge is 2.48. The predicted octanol–water partition coefficient (Wildman–Crippen LogP) is 3.77. The second kappa shape index (κ2) is 6.86. The number of nitrogens with zero attached hydrogens (tertiary/aromatic N) is 2. The summed E-state index contributed by atoms with van der Waals surface area (Å²) >= 11 is 0. The molecule has 1 aliphatic heterocycles. The summed E-state index contributed by atoms with van der Waals surface area (Å²) in [6.07, 6.45) is 1.56. The molecule has 2 aliphatic rings. The normalized spacial score (nSPS) is 27.4. The number of hydrogen-bond donors (Lipinski definition) is 0. The molecule has 0 radical (unpaired) electrons.